The normalized spacial score (nSPS) is 10.8. The van der Waals surface area contributed by atoms with Crippen LogP contribution in [-0.2, 0) is 4.79 Å². The largest absolute Gasteiger partial charge is 0.433 e. The Labute approximate surface area is 156 Å². The summed E-state index contributed by atoms with van der Waals surface area (Å²) in [5, 5.41) is 9.28. The molecule has 6 nitrogen and oxygen atoms in total. The van der Waals surface area contributed by atoms with Crippen molar-refractivity contribution in [1.82, 2.24) is 15.2 Å². The minimum atomic E-state index is -3.00. The average molecular weight is 394 g/mol. The molecule has 1 amide bonds. The topological polar surface area (TPSA) is 79.9 Å². The van der Waals surface area contributed by atoms with Crippen molar-refractivity contribution in [3.8, 4) is 17.1 Å². The summed E-state index contributed by atoms with van der Waals surface area (Å²) in [6, 6.07) is 11.9. The van der Waals surface area contributed by atoms with E-state index in [-0.39, 0.29) is 33.7 Å². The van der Waals surface area contributed by atoms with Crippen LogP contribution >= 0.6 is 11.8 Å². The summed E-state index contributed by atoms with van der Waals surface area (Å²) < 4.78 is 42.9. The van der Waals surface area contributed by atoms with E-state index in [9.17, 15) is 18.0 Å². The summed E-state index contributed by atoms with van der Waals surface area (Å²) in [6.45, 7) is -3.00. The number of carbonyl (C=O) groups is 1. The lowest BCUT2D eigenvalue weighted by Gasteiger charge is -2.11. The Balaban J connectivity index is 1.60. The molecule has 0 aliphatic rings. The number of H-pyrrole nitrogens is 1. The maximum Gasteiger partial charge on any atom is 0.387 e. The van der Waals surface area contributed by atoms with Crippen LogP contribution in [0.5, 0.6) is 5.75 Å². The fraction of sp³-hybridized carbons (Fsp3) is 0.118. The number of halogens is 3. The summed E-state index contributed by atoms with van der Waals surface area (Å²) in [6.07, 6.45) is 0. The number of thioether (sulfide) groups is 1. The molecule has 1 aromatic heterocycles. The van der Waals surface area contributed by atoms with Gasteiger partial charge in [0.05, 0.1) is 17.0 Å². The van der Waals surface area contributed by atoms with Crippen molar-refractivity contribution < 1.29 is 22.7 Å². The predicted molar refractivity (Wildman–Crippen MR) is 94.2 cm³/mol. The standard InChI is InChI=1S/C17H13F3N4O2S/c18-11-6-2-1-5-10(11)15-22-17(24-23-15)27-9-14(25)21-12-7-3-4-8-13(12)26-16(19)20/h1-8,16H,9H2,(H,21,25)(H,22,23,24). The monoisotopic (exact) mass is 394 g/mol. The van der Waals surface area contributed by atoms with Crippen molar-refractivity contribution in [2.75, 3.05) is 11.1 Å². The second-order valence-corrected chi connectivity index (χ2v) is 6.10. The molecule has 0 atom stereocenters. The van der Waals surface area contributed by atoms with Crippen LogP contribution in [0.2, 0.25) is 0 Å². The summed E-state index contributed by atoms with van der Waals surface area (Å²) in [4.78, 5) is 16.2. The number of aromatic amines is 1. The minimum absolute atomic E-state index is 0.0718. The Kier molecular flexibility index (Phi) is 5.97. The van der Waals surface area contributed by atoms with Crippen molar-refractivity contribution in [3.05, 3.63) is 54.3 Å². The molecule has 140 valence electrons. The summed E-state index contributed by atoms with van der Waals surface area (Å²) in [5.41, 5.74) is 0.393. The highest BCUT2D eigenvalue weighted by Crippen LogP contribution is 2.26. The lowest BCUT2D eigenvalue weighted by molar-refractivity contribution is -0.113. The van der Waals surface area contributed by atoms with Crippen LogP contribution in [0.15, 0.2) is 53.7 Å². The number of amides is 1. The quantitative estimate of drug-likeness (QED) is 0.594. The highest BCUT2D eigenvalue weighted by molar-refractivity contribution is 7.99. The highest BCUT2D eigenvalue weighted by Gasteiger charge is 2.14. The van der Waals surface area contributed by atoms with E-state index in [1.807, 2.05) is 0 Å². The van der Waals surface area contributed by atoms with Crippen LogP contribution < -0.4 is 10.1 Å². The highest BCUT2D eigenvalue weighted by atomic mass is 32.2. The molecule has 0 aliphatic carbocycles. The van der Waals surface area contributed by atoms with E-state index in [1.54, 1.807) is 24.3 Å². The molecule has 0 saturated heterocycles. The van der Waals surface area contributed by atoms with Gasteiger partial charge in [-0.15, -0.1) is 5.10 Å². The molecule has 0 saturated carbocycles. The minimum Gasteiger partial charge on any atom is -0.433 e. The fourth-order valence-corrected chi connectivity index (χ4v) is 2.77. The number of benzene rings is 2. The number of carbonyl (C=O) groups excluding carboxylic acids is 1. The van der Waals surface area contributed by atoms with Gasteiger partial charge in [0.1, 0.15) is 11.6 Å². The second-order valence-electron chi connectivity index (χ2n) is 5.16. The van der Waals surface area contributed by atoms with Crippen molar-refractivity contribution in [2.24, 2.45) is 0 Å². The van der Waals surface area contributed by atoms with Gasteiger partial charge in [-0.05, 0) is 24.3 Å². The average Bonchev–Trinajstić information content (AvgIpc) is 3.10. The number of hydrogen-bond donors (Lipinski definition) is 2. The number of nitrogens with zero attached hydrogens (tertiary/aromatic N) is 2. The number of hydrogen-bond acceptors (Lipinski definition) is 5. The third-order valence-corrected chi connectivity index (χ3v) is 4.15. The van der Waals surface area contributed by atoms with E-state index in [0.717, 1.165) is 11.8 Å². The van der Waals surface area contributed by atoms with Gasteiger partial charge in [-0.2, -0.15) is 8.78 Å². The zero-order valence-electron chi connectivity index (χ0n) is 13.7. The van der Waals surface area contributed by atoms with Crippen molar-refractivity contribution in [2.45, 2.75) is 11.8 Å². The van der Waals surface area contributed by atoms with Gasteiger partial charge in [-0.3, -0.25) is 9.89 Å². The Morgan fingerprint density at radius 1 is 1.19 bits per heavy atom. The van der Waals surface area contributed by atoms with E-state index in [2.05, 4.69) is 25.2 Å². The van der Waals surface area contributed by atoms with Crippen molar-refractivity contribution in [1.29, 1.82) is 0 Å². The Morgan fingerprint density at radius 3 is 2.70 bits per heavy atom. The number of ether oxygens (including phenoxy) is 1. The van der Waals surface area contributed by atoms with Gasteiger partial charge >= 0.3 is 6.61 Å². The second kappa shape index (κ2) is 8.58. The molecule has 0 unspecified atom stereocenters. The summed E-state index contributed by atoms with van der Waals surface area (Å²) >= 11 is 1.01. The molecule has 2 aromatic carbocycles. The first kappa shape index (κ1) is 18.8. The zero-order valence-corrected chi connectivity index (χ0v) is 14.5. The Morgan fingerprint density at radius 2 is 1.93 bits per heavy atom. The molecule has 2 N–H and O–H groups in total. The van der Waals surface area contributed by atoms with Crippen molar-refractivity contribution in [3.63, 3.8) is 0 Å². The number of nitrogens with one attached hydrogen (secondary N) is 2. The van der Waals surface area contributed by atoms with E-state index in [1.165, 1.54) is 24.3 Å². The lowest BCUT2D eigenvalue weighted by atomic mass is 10.2. The number of anilines is 1. The molecule has 0 spiro atoms. The van der Waals surface area contributed by atoms with Gasteiger partial charge in [0, 0.05) is 0 Å². The third-order valence-electron chi connectivity index (χ3n) is 3.30. The van der Waals surface area contributed by atoms with Crippen molar-refractivity contribution >= 4 is 23.4 Å². The van der Waals surface area contributed by atoms with Gasteiger partial charge in [-0.1, -0.05) is 36.0 Å². The third kappa shape index (κ3) is 5.00. The maximum absolute atomic E-state index is 13.7. The Hall–Kier alpha value is -3.01. The van der Waals surface area contributed by atoms with E-state index >= 15 is 0 Å². The molecule has 27 heavy (non-hydrogen) atoms. The van der Waals surface area contributed by atoms with Gasteiger partial charge in [0.25, 0.3) is 0 Å². The number of alkyl halides is 2. The molecule has 1 heterocycles. The molecular weight excluding hydrogens is 381 g/mol. The first-order valence-electron chi connectivity index (χ1n) is 7.66. The molecule has 10 heteroatoms. The fourth-order valence-electron chi connectivity index (χ4n) is 2.17. The zero-order chi connectivity index (χ0) is 19.2. The van der Waals surface area contributed by atoms with Crippen LogP contribution in [-0.4, -0.2) is 33.5 Å². The molecule has 0 fully saturated rings. The van der Waals surface area contributed by atoms with Gasteiger partial charge in [0.2, 0.25) is 11.1 Å². The number of rotatable bonds is 7. The molecule has 0 aliphatic heterocycles. The SMILES string of the molecule is O=C(CSc1n[nH]c(-c2ccccc2F)n1)Nc1ccccc1OC(F)F. The van der Waals surface area contributed by atoms with Crippen LogP contribution in [0.25, 0.3) is 11.4 Å². The van der Waals surface area contributed by atoms with Gasteiger partial charge in [0.15, 0.2) is 5.82 Å². The van der Waals surface area contributed by atoms with Gasteiger partial charge in [-0.25, -0.2) is 9.37 Å². The molecule has 0 radical (unpaired) electrons. The summed E-state index contributed by atoms with van der Waals surface area (Å²) in [7, 11) is 0. The van der Waals surface area contributed by atoms with Crippen LogP contribution in [0, 0.1) is 5.82 Å². The van der Waals surface area contributed by atoms with Crippen LogP contribution in [0.4, 0.5) is 18.9 Å². The van der Waals surface area contributed by atoms with E-state index in [4.69, 9.17) is 0 Å². The first-order valence-corrected chi connectivity index (χ1v) is 8.65. The maximum atomic E-state index is 13.7. The van der Waals surface area contributed by atoms with Crippen LogP contribution in [0.3, 0.4) is 0 Å². The van der Waals surface area contributed by atoms with E-state index in [0.29, 0.717) is 0 Å². The molecule has 0 bridgehead atoms. The first-order chi connectivity index (χ1) is 13.0. The smallest absolute Gasteiger partial charge is 0.387 e. The predicted octanol–water partition coefficient (Wildman–Crippen LogP) is 3.94. The number of para-hydroxylation sites is 2. The van der Waals surface area contributed by atoms with E-state index < -0.39 is 18.3 Å². The molecule has 3 aromatic rings. The Bertz CT molecular complexity index is 936. The van der Waals surface area contributed by atoms with Crippen LogP contribution in [0.1, 0.15) is 0 Å². The van der Waals surface area contributed by atoms with Gasteiger partial charge < -0.3 is 10.1 Å². The molecular formula is C17H13F3N4O2S. The number of aromatic nitrogens is 3. The summed E-state index contributed by atoms with van der Waals surface area (Å²) in [5.74, 6) is -0.865. The molecule has 3 rings (SSSR count). The lowest BCUT2D eigenvalue weighted by Crippen LogP contribution is -2.15.